The van der Waals surface area contributed by atoms with Crippen LogP contribution in [-0.2, 0) is 9.59 Å². The predicted molar refractivity (Wildman–Crippen MR) is 67.1 cm³/mol. The molecule has 102 valence electrons. The summed E-state index contributed by atoms with van der Waals surface area (Å²) >= 11 is 0. The van der Waals surface area contributed by atoms with E-state index in [2.05, 4.69) is 0 Å². The first-order valence-electron chi connectivity index (χ1n) is 5.96. The van der Waals surface area contributed by atoms with Crippen molar-refractivity contribution in [2.24, 2.45) is 0 Å². The highest BCUT2D eigenvalue weighted by atomic mass is 16.5. The maximum absolute atomic E-state index is 12.1. The first-order valence-corrected chi connectivity index (χ1v) is 5.96. The lowest BCUT2D eigenvalue weighted by molar-refractivity contribution is -0.139. The highest BCUT2D eigenvalue weighted by Crippen LogP contribution is 2.33. The Kier molecular flexibility index (Phi) is 3.71. The second-order valence-corrected chi connectivity index (χ2v) is 4.43. The van der Waals surface area contributed by atoms with Crippen molar-refractivity contribution in [3.05, 3.63) is 24.3 Å². The van der Waals surface area contributed by atoms with Gasteiger partial charge >= 0.3 is 5.97 Å². The third kappa shape index (κ3) is 2.85. The molecule has 0 saturated carbocycles. The van der Waals surface area contributed by atoms with Crippen LogP contribution in [-0.4, -0.2) is 40.8 Å². The molecule has 2 N–H and O–H groups in total. The first kappa shape index (κ1) is 13.4. The summed E-state index contributed by atoms with van der Waals surface area (Å²) in [5, 5.41) is 18.3. The minimum Gasteiger partial charge on any atom is -0.481 e. The molecule has 1 heterocycles. The number of β-amino-alcohol motifs (C(OH)–C–C–N with tert-alkyl or cyclic N) is 1. The lowest BCUT2D eigenvalue weighted by atomic mass is 10.1. The summed E-state index contributed by atoms with van der Waals surface area (Å²) < 4.78 is 5.45. The van der Waals surface area contributed by atoms with Crippen LogP contribution in [0.5, 0.6) is 5.75 Å². The summed E-state index contributed by atoms with van der Waals surface area (Å²) in [6.45, 7) is 1.56. The van der Waals surface area contributed by atoms with Gasteiger partial charge in [-0.2, -0.15) is 0 Å². The summed E-state index contributed by atoms with van der Waals surface area (Å²) in [7, 11) is 0. The monoisotopic (exact) mass is 265 g/mol. The van der Waals surface area contributed by atoms with Crippen LogP contribution >= 0.6 is 0 Å². The number of ether oxygens (including phenoxy) is 1. The van der Waals surface area contributed by atoms with Gasteiger partial charge in [-0.05, 0) is 19.1 Å². The van der Waals surface area contributed by atoms with Crippen LogP contribution in [0.1, 0.15) is 13.3 Å². The Hall–Kier alpha value is -2.08. The molecule has 6 heteroatoms. The second kappa shape index (κ2) is 5.27. The zero-order valence-electron chi connectivity index (χ0n) is 10.4. The zero-order valence-corrected chi connectivity index (χ0v) is 10.4. The number of aliphatic hydroxyl groups excluding tert-OH is 1. The summed E-state index contributed by atoms with van der Waals surface area (Å²) in [6.07, 6.45) is -2.16. The van der Waals surface area contributed by atoms with Crippen LogP contribution in [0.25, 0.3) is 0 Å². The number of amides is 1. The van der Waals surface area contributed by atoms with Gasteiger partial charge in [0, 0.05) is 0 Å². The molecule has 0 saturated heterocycles. The van der Waals surface area contributed by atoms with Gasteiger partial charge < -0.3 is 19.8 Å². The van der Waals surface area contributed by atoms with Crippen molar-refractivity contribution in [2.45, 2.75) is 25.6 Å². The summed E-state index contributed by atoms with van der Waals surface area (Å²) in [6, 6.07) is 6.97. The molecule has 0 radical (unpaired) electrons. The average Bonchev–Trinajstić information content (AvgIpc) is 2.34. The Balaban J connectivity index is 2.23. The molecule has 1 aromatic rings. The molecule has 2 unspecified atom stereocenters. The predicted octanol–water partition coefficient (Wildman–Crippen LogP) is 0.636. The molecular formula is C13H15NO5. The highest BCUT2D eigenvalue weighted by molar-refractivity contribution is 5.99. The van der Waals surface area contributed by atoms with E-state index in [4.69, 9.17) is 9.84 Å². The van der Waals surface area contributed by atoms with E-state index in [9.17, 15) is 14.7 Å². The SMILES string of the molecule is CC1Oc2ccccc2N(CC(O)CC(=O)O)C1=O. The number of aliphatic hydroxyl groups is 1. The van der Waals surface area contributed by atoms with Gasteiger partial charge in [-0.3, -0.25) is 9.59 Å². The quantitative estimate of drug-likeness (QED) is 0.834. The van der Waals surface area contributed by atoms with Crippen molar-refractivity contribution in [3.63, 3.8) is 0 Å². The summed E-state index contributed by atoms with van der Waals surface area (Å²) in [5.74, 6) is -0.838. The molecule has 1 aromatic carbocycles. The number of anilines is 1. The number of rotatable bonds is 4. The van der Waals surface area contributed by atoms with Gasteiger partial charge in [-0.25, -0.2) is 0 Å². The van der Waals surface area contributed by atoms with Gasteiger partial charge in [0.25, 0.3) is 5.91 Å². The van der Waals surface area contributed by atoms with Crippen LogP contribution in [0, 0.1) is 0 Å². The molecule has 0 spiro atoms. The number of carboxylic acid groups (broad SMARTS) is 1. The minimum atomic E-state index is -1.11. The third-order valence-electron chi connectivity index (χ3n) is 2.88. The molecule has 1 amide bonds. The van der Waals surface area contributed by atoms with E-state index in [1.165, 1.54) is 4.90 Å². The number of para-hydroxylation sites is 2. The summed E-state index contributed by atoms with van der Waals surface area (Å²) in [4.78, 5) is 24.0. The molecule has 2 atom stereocenters. The van der Waals surface area contributed by atoms with E-state index in [1.54, 1.807) is 31.2 Å². The maximum Gasteiger partial charge on any atom is 0.306 e. The van der Waals surface area contributed by atoms with Crippen LogP contribution in [0.2, 0.25) is 0 Å². The highest BCUT2D eigenvalue weighted by Gasteiger charge is 2.32. The average molecular weight is 265 g/mol. The number of hydrogen-bond donors (Lipinski definition) is 2. The van der Waals surface area contributed by atoms with E-state index < -0.39 is 24.6 Å². The fourth-order valence-electron chi connectivity index (χ4n) is 2.02. The van der Waals surface area contributed by atoms with Crippen molar-refractivity contribution in [2.75, 3.05) is 11.4 Å². The Morgan fingerprint density at radius 3 is 2.84 bits per heavy atom. The molecule has 1 aliphatic heterocycles. The van der Waals surface area contributed by atoms with Gasteiger partial charge in [-0.1, -0.05) is 12.1 Å². The fraction of sp³-hybridized carbons (Fsp3) is 0.385. The van der Waals surface area contributed by atoms with Crippen LogP contribution in [0.4, 0.5) is 5.69 Å². The molecule has 0 bridgehead atoms. The number of carbonyl (C=O) groups excluding carboxylic acids is 1. The van der Waals surface area contributed by atoms with E-state index >= 15 is 0 Å². The van der Waals surface area contributed by atoms with E-state index in [1.807, 2.05) is 0 Å². The molecule has 0 aromatic heterocycles. The van der Waals surface area contributed by atoms with E-state index in [0.29, 0.717) is 11.4 Å². The smallest absolute Gasteiger partial charge is 0.306 e. The Morgan fingerprint density at radius 2 is 2.16 bits per heavy atom. The van der Waals surface area contributed by atoms with Gasteiger partial charge in [0.05, 0.1) is 24.8 Å². The van der Waals surface area contributed by atoms with Crippen molar-refractivity contribution >= 4 is 17.6 Å². The van der Waals surface area contributed by atoms with Crippen molar-refractivity contribution in [3.8, 4) is 5.75 Å². The molecule has 0 fully saturated rings. The van der Waals surface area contributed by atoms with Crippen LogP contribution < -0.4 is 9.64 Å². The number of carbonyl (C=O) groups is 2. The van der Waals surface area contributed by atoms with Crippen molar-refractivity contribution < 1.29 is 24.5 Å². The van der Waals surface area contributed by atoms with Gasteiger partial charge in [-0.15, -0.1) is 0 Å². The molecule has 19 heavy (non-hydrogen) atoms. The van der Waals surface area contributed by atoms with Crippen molar-refractivity contribution in [1.29, 1.82) is 0 Å². The molecule has 1 aliphatic rings. The second-order valence-electron chi connectivity index (χ2n) is 4.43. The summed E-state index contributed by atoms with van der Waals surface area (Å²) in [5.41, 5.74) is 0.551. The normalized spacial score (nSPS) is 19.6. The lowest BCUT2D eigenvalue weighted by Crippen LogP contribution is -2.47. The largest absolute Gasteiger partial charge is 0.481 e. The van der Waals surface area contributed by atoms with Crippen LogP contribution in [0.3, 0.4) is 0 Å². The van der Waals surface area contributed by atoms with E-state index in [-0.39, 0.29) is 12.5 Å². The first-order chi connectivity index (χ1) is 8.99. The Morgan fingerprint density at radius 1 is 1.47 bits per heavy atom. The maximum atomic E-state index is 12.1. The van der Waals surface area contributed by atoms with Crippen LogP contribution in [0.15, 0.2) is 24.3 Å². The number of fused-ring (bicyclic) bond motifs is 1. The number of nitrogens with zero attached hydrogens (tertiary/aromatic N) is 1. The fourth-order valence-corrected chi connectivity index (χ4v) is 2.02. The number of benzene rings is 1. The van der Waals surface area contributed by atoms with Gasteiger partial charge in [0.15, 0.2) is 6.10 Å². The van der Waals surface area contributed by atoms with Gasteiger partial charge in [0.1, 0.15) is 5.75 Å². The standard InChI is InChI=1S/C13H15NO5/c1-8-13(18)14(7-9(15)6-12(16)17)10-4-2-3-5-11(10)19-8/h2-5,8-9,15H,6-7H2,1H3,(H,16,17). The Bertz CT molecular complexity index is 502. The molecule has 2 rings (SSSR count). The molecule has 6 nitrogen and oxygen atoms in total. The number of carboxylic acids is 1. The molecular weight excluding hydrogens is 250 g/mol. The van der Waals surface area contributed by atoms with E-state index in [0.717, 1.165) is 0 Å². The topological polar surface area (TPSA) is 87.1 Å². The zero-order chi connectivity index (χ0) is 14.0. The number of hydrogen-bond acceptors (Lipinski definition) is 4. The minimum absolute atomic E-state index is 0.0597. The van der Waals surface area contributed by atoms with Gasteiger partial charge in [0.2, 0.25) is 0 Å². The lowest BCUT2D eigenvalue weighted by Gasteiger charge is -2.33. The molecule has 0 aliphatic carbocycles. The Labute approximate surface area is 110 Å². The third-order valence-corrected chi connectivity index (χ3v) is 2.88. The van der Waals surface area contributed by atoms with Crippen molar-refractivity contribution in [1.82, 2.24) is 0 Å². The number of aliphatic carboxylic acids is 1.